The fourth-order valence-electron chi connectivity index (χ4n) is 1.37. The summed E-state index contributed by atoms with van der Waals surface area (Å²) < 4.78 is 10.9. The Kier molecular flexibility index (Phi) is 6.18. The van der Waals surface area contributed by atoms with Gasteiger partial charge in [-0.05, 0) is 34.6 Å². The molecule has 0 aliphatic rings. The van der Waals surface area contributed by atoms with Crippen LogP contribution in [-0.4, -0.2) is 34.8 Å². The topological polar surface area (TPSA) is 56.3 Å². The monoisotopic (exact) mass is 267 g/mol. The second kappa shape index (κ2) is 7.40. The summed E-state index contributed by atoms with van der Waals surface area (Å²) in [4.78, 5) is 8.57. The molecule has 0 amide bonds. The molecule has 1 aromatic heterocycles. The van der Waals surface area contributed by atoms with E-state index in [0.29, 0.717) is 25.6 Å². The summed E-state index contributed by atoms with van der Waals surface area (Å²) in [7, 11) is 0. The molecule has 1 N–H and O–H groups in total. The normalized spacial score (nSPS) is 13.3. The Balaban J connectivity index is 2.43. The number of hydrogen-bond donors (Lipinski definition) is 1. The third-order valence-electron chi connectivity index (χ3n) is 2.36. The molecule has 0 aliphatic carbocycles. The first-order valence-corrected chi connectivity index (χ1v) is 6.71. The van der Waals surface area contributed by atoms with Crippen molar-refractivity contribution in [3.63, 3.8) is 0 Å². The van der Waals surface area contributed by atoms with Crippen molar-refractivity contribution in [2.45, 2.75) is 52.8 Å². The summed E-state index contributed by atoms with van der Waals surface area (Å²) in [5.41, 5.74) is 0.975. The minimum absolute atomic E-state index is 0.0206. The summed E-state index contributed by atoms with van der Waals surface area (Å²) in [6.45, 7) is 12.2. The third-order valence-corrected chi connectivity index (χ3v) is 2.36. The second-order valence-electron chi connectivity index (χ2n) is 5.54. The van der Waals surface area contributed by atoms with Crippen LogP contribution >= 0.6 is 0 Å². The first-order chi connectivity index (χ1) is 8.90. The molecule has 0 fully saturated rings. The Labute approximate surface area is 115 Å². The quantitative estimate of drug-likeness (QED) is 0.820. The van der Waals surface area contributed by atoms with E-state index in [1.165, 1.54) is 0 Å². The molecule has 0 bridgehead atoms. The van der Waals surface area contributed by atoms with Crippen molar-refractivity contribution >= 4 is 0 Å². The molecule has 1 heterocycles. The lowest BCUT2D eigenvalue weighted by Gasteiger charge is -2.20. The van der Waals surface area contributed by atoms with Crippen molar-refractivity contribution in [1.82, 2.24) is 15.3 Å². The van der Waals surface area contributed by atoms with Gasteiger partial charge in [0.15, 0.2) is 0 Å². The number of ether oxygens (including phenoxy) is 2. The van der Waals surface area contributed by atoms with Gasteiger partial charge in [0.25, 0.3) is 0 Å². The summed E-state index contributed by atoms with van der Waals surface area (Å²) >= 11 is 0. The number of hydrogen-bond acceptors (Lipinski definition) is 5. The van der Waals surface area contributed by atoms with Crippen LogP contribution < -0.4 is 10.1 Å². The second-order valence-corrected chi connectivity index (χ2v) is 5.54. The van der Waals surface area contributed by atoms with E-state index < -0.39 is 0 Å². The van der Waals surface area contributed by atoms with E-state index in [1.807, 2.05) is 13.8 Å². The highest BCUT2D eigenvalue weighted by molar-refractivity contribution is 5.07. The van der Waals surface area contributed by atoms with Crippen molar-refractivity contribution < 1.29 is 9.47 Å². The number of nitrogens with one attached hydrogen (secondary N) is 1. The highest BCUT2D eigenvalue weighted by atomic mass is 16.5. The van der Waals surface area contributed by atoms with Gasteiger partial charge in [0.2, 0.25) is 5.88 Å². The van der Waals surface area contributed by atoms with Crippen molar-refractivity contribution in [3.8, 4) is 5.88 Å². The van der Waals surface area contributed by atoms with Gasteiger partial charge in [0.05, 0.1) is 24.7 Å². The zero-order valence-corrected chi connectivity index (χ0v) is 12.6. The van der Waals surface area contributed by atoms with E-state index in [0.717, 1.165) is 5.69 Å². The van der Waals surface area contributed by atoms with Gasteiger partial charge in [-0.25, -0.2) is 4.98 Å². The van der Waals surface area contributed by atoms with E-state index in [1.54, 1.807) is 12.4 Å². The minimum Gasteiger partial charge on any atom is -0.471 e. The van der Waals surface area contributed by atoms with Gasteiger partial charge < -0.3 is 14.8 Å². The lowest BCUT2D eigenvalue weighted by molar-refractivity contribution is 0.0631. The average molecular weight is 267 g/mol. The molecule has 5 nitrogen and oxygen atoms in total. The first-order valence-electron chi connectivity index (χ1n) is 6.71. The Morgan fingerprint density at radius 1 is 1.26 bits per heavy atom. The Morgan fingerprint density at radius 2 is 2.00 bits per heavy atom. The lowest BCUT2D eigenvalue weighted by Crippen LogP contribution is -2.35. The van der Waals surface area contributed by atoms with Gasteiger partial charge in [-0.1, -0.05) is 0 Å². The first kappa shape index (κ1) is 15.9. The Morgan fingerprint density at radius 3 is 2.53 bits per heavy atom. The predicted octanol–water partition coefficient (Wildman–Crippen LogP) is 2.17. The molecule has 1 rings (SSSR count). The Hall–Kier alpha value is -1.20. The highest BCUT2D eigenvalue weighted by Crippen LogP contribution is 2.08. The van der Waals surface area contributed by atoms with Gasteiger partial charge >= 0.3 is 0 Å². The maximum absolute atomic E-state index is 5.60. The van der Waals surface area contributed by atoms with Crippen LogP contribution in [0.3, 0.4) is 0 Å². The SMILES string of the molecule is CCOCC(C)Oc1cnc(CNC(C)(C)C)cn1. The summed E-state index contributed by atoms with van der Waals surface area (Å²) in [6, 6.07) is 0. The van der Waals surface area contributed by atoms with E-state index >= 15 is 0 Å². The molecule has 1 unspecified atom stereocenters. The Bertz CT molecular complexity index is 360. The van der Waals surface area contributed by atoms with Crippen LogP contribution in [0.15, 0.2) is 12.4 Å². The lowest BCUT2D eigenvalue weighted by atomic mass is 10.1. The van der Waals surface area contributed by atoms with Crippen molar-refractivity contribution in [3.05, 3.63) is 18.1 Å². The summed E-state index contributed by atoms with van der Waals surface area (Å²) in [5.74, 6) is 0.534. The fraction of sp³-hybridized carbons (Fsp3) is 0.714. The zero-order chi connectivity index (χ0) is 14.3. The average Bonchev–Trinajstić information content (AvgIpc) is 2.34. The number of aromatic nitrogens is 2. The maximum Gasteiger partial charge on any atom is 0.232 e. The van der Waals surface area contributed by atoms with E-state index in [2.05, 4.69) is 36.1 Å². The standard InChI is InChI=1S/C14H25N3O2/c1-6-18-10-11(2)19-13-9-15-12(7-16-13)8-17-14(3,4)5/h7,9,11,17H,6,8,10H2,1-5H3. The van der Waals surface area contributed by atoms with Gasteiger partial charge in [-0.2, -0.15) is 0 Å². The largest absolute Gasteiger partial charge is 0.471 e. The summed E-state index contributed by atoms with van der Waals surface area (Å²) in [6.07, 6.45) is 3.37. The predicted molar refractivity (Wildman–Crippen MR) is 75.2 cm³/mol. The van der Waals surface area contributed by atoms with Crippen molar-refractivity contribution in [1.29, 1.82) is 0 Å². The van der Waals surface area contributed by atoms with Crippen LogP contribution in [0.25, 0.3) is 0 Å². The highest BCUT2D eigenvalue weighted by Gasteiger charge is 2.10. The van der Waals surface area contributed by atoms with Crippen LogP contribution in [-0.2, 0) is 11.3 Å². The molecule has 108 valence electrons. The van der Waals surface area contributed by atoms with E-state index in [9.17, 15) is 0 Å². The molecule has 1 aromatic rings. The van der Waals surface area contributed by atoms with E-state index in [-0.39, 0.29) is 11.6 Å². The molecular formula is C14H25N3O2. The third kappa shape index (κ3) is 7.08. The summed E-state index contributed by atoms with van der Waals surface area (Å²) in [5, 5.41) is 3.36. The molecule has 1 atom stereocenters. The van der Waals surface area contributed by atoms with E-state index in [4.69, 9.17) is 9.47 Å². The smallest absolute Gasteiger partial charge is 0.232 e. The fourth-order valence-corrected chi connectivity index (χ4v) is 1.37. The molecule has 0 spiro atoms. The van der Waals surface area contributed by atoms with Gasteiger partial charge in [-0.15, -0.1) is 0 Å². The molecular weight excluding hydrogens is 242 g/mol. The van der Waals surface area contributed by atoms with Crippen LogP contribution in [0.4, 0.5) is 0 Å². The van der Waals surface area contributed by atoms with Gasteiger partial charge in [-0.3, -0.25) is 4.98 Å². The minimum atomic E-state index is -0.0206. The number of rotatable bonds is 7. The molecule has 0 saturated carbocycles. The molecule has 0 radical (unpaired) electrons. The van der Waals surface area contributed by atoms with Gasteiger partial charge in [0, 0.05) is 18.7 Å². The molecule has 0 aromatic carbocycles. The molecule has 19 heavy (non-hydrogen) atoms. The van der Waals surface area contributed by atoms with Crippen LogP contribution in [0.1, 0.15) is 40.3 Å². The molecule has 0 aliphatic heterocycles. The zero-order valence-electron chi connectivity index (χ0n) is 12.6. The van der Waals surface area contributed by atoms with Crippen molar-refractivity contribution in [2.75, 3.05) is 13.2 Å². The van der Waals surface area contributed by atoms with Crippen molar-refractivity contribution in [2.24, 2.45) is 0 Å². The van der Waals surface area contributed by atoms with Crippen LogP contribution in [0.2, 0.25) is 0 Å². The van der Waals surface area contributed by atoms with Crippen LogP contribution in [0, 0.1) is 0 Å². The maximum atomic E-state index is 5.60. The molecule has 0 saturated heterocycles. The van der Waals surface area contributed by atoms with Crippen LogP contribution in [0.5, 0.6) is 5.88 Å². The number of nitrogens with zero attached hydrogens (tertiary/aromatic N) is 2. The van der Waals surface area contributed by atoms with Gasteiger partial charge in [0.1, 0.15) is 6.10 Å². The molecule has 5 heteroatoms.